The van der Waals surface area contributed by atoms with Gasteiger partial charge in [-0.2, -0.15) is 0 Å². The van der Waals surface area contributed by atoms with E-state index >= 15 is 0 Å². The van der Waals surface area contributed by atoms with Crippen LogP contribution in [0.2, 0.25) is 0 Å². The monoisotopic (exact) mass is 177 g/mol. The first kappa shape index (κ1) is 9.07. The second-order valence-electron chi connectivity index (χ2n) is 2.39. The Kier molecular flexibility index (Phi) is 2.87. The van der Waals surface area contributed by atoms with Gasteiger partial charge in [0.05, 0.1) is 4.92 Å². The lowest BCUT2D eigenvalue weighted by Gasteiger charge is -1.94. The van der Waals surface area contributed by atoms with Crippen LogP contribution in [0.25, 0.3) is 0 Å². The van der Waals surface area contributed by atoms with E-state index in [1.165, 1.54) is 12.1 Å². The summed E-state index contributed by atoms with van der Waals surface area (Å²) in [6.45, 7) is 0. The van der Waals surface area contributed by atoms with Crippen LogP contribution in [-0.2, 0) is 6.42 Å². The maximum absolute atomic E-state index is 10.3. The zero-order valence-electron chi connectivity index (χ0n) is 6.73. The fourth-order valence-corrected chi connectivity index (χ4v) is 0.922. The average Bonchev–Trinajstić information content (AvgIpc) is 2.15. The summed E-state index contributed by atoms with van der Waals surface area (Å²) in [6.07, 6.45) is 2.06. The standard InChI is InChI=1S/C9H7NO3/c11-6-2-4-8-3-1-5-9(7-8)10(12)13/h1,3,5,7,11H,4H2. The smallest absolute Gasteiger partial charge is 0.269 e. The second kappa shape index (κ2) is 4.12. The number of nitro groups is 1. The predicted molar refractivity (Wildman–Crippen MR) is 46.5 cm³/mol. The fourth-order valence-electron chi connectivity index (χ4n) is 0.922. The summed E-state index contributed by atoms with van der Waals surface area (Å²) in [4.78, 5) is 9.88. The van der Waals surface area contributed by atoms with Crippen LogP contribution < -0.4 is 0 Å². The third-order valence-corrected chi connectivity index (χ3v) is 1.49. The SMILES string of the molecule is O=[N+]([O-])c1cccc(CC#CO)c1. The number of hydrogen-bond donors (Lipinski definition) is 1. The molecule has 0 aliphatic rings. The topological polar surface area (TPSA) is 63.4 Å². The molecule has 1 N–H and O–H groups in total. The number of benzene rings is 1. The summed E-state index contributed by atoms with van der Waals surface area (Å²) in [6, 6.07) is 6.16. The Labute approximate surface area is 75.0 Å². The minimum absolute atomic E-state index is 0.0391. The first-order chi connectivity index (χ1) is 6.24. The van der Waals surface area contributed by atoms with Gasteiger partial charge in [0.1, 0.15) is 6.11 Å². The molecule has 0 atom stereocenters. The van der Waals surface area contributed by atoms with E-state index in [2.05, 4.69) is 5.92 Å². The van der Waals surface area contributed by atoms with Crippen LogP contribution in [0.3, 0.4) is 0 Å². The highest BCUT2D eigenvalue weighted by Gasteiger charge is 2.03. The minimum Gasteiger partial charge on any atom is -0.462 e. The van der Waals surface area contributed by atoms with Gasteiger partial charge < -0.3 is 5.11 Å². The van der Waals surface area contributed by atoms with Crippen LogP contribution in [0, 0.1) is 22.1 Å². The molecular formula is C9H7NO3. The van der Waals surface area contributed by atoms with Gasteiger partial charge in [0, 0.05) is 18.6 Å². The lowest BCUT2D eigenvalue weighted by molar-refractivity contribution is -0.384. The Hall–Kier alpha value is -2.02. The van der Waals surface area contributed by atoms with Crippen molar-refractivity contribution in [2.75, 3.05) is 0 Å². The molecule has 4 nitrogen and oxygen atoms in total. The molecule has 0 amide bonds. The van der Waals surface area contributed by atoms with Crippen LogP contribution in [0.15, 0.2) is 24.3 Å². The van der Waals surface area contributed by atoms with Crippen LogP contribution in [0.1, 0.15) is 5.56 Å². The maximum Gasteiger partial charge on any atom is 0.269 e. The molecule has 0 saturated heterocycles. The Morgan fingerprint density at radius 3 is 2.92 bits per heavy atom. The lowest BCUT2D eigenvalue weighted by Crippen LogP contribution is -1.89. The quantitative estimate of drug-likeness (QED) is 0.422. The van der Waals surface area contributed by atoms with Crippen LogP contribution in [0.4, 0.5) is 5.69 Å². The molecule has 1 aromatic rings. The average molecular weight is 177 g/mol. The van der Waals surface area contributed by atoms with E-state index in [-0.39, 0.29) is 5.69 Å². The molecule has 0 bridgehead atoms. The normalized spacial score (nSPS) is 8.62. The number of non-ortho nitro benzene ring substituents is 1. The molecule has 1 aromatic carbocycles. The van der Waals surface area contributed by atoms with E-state index in [1.807, 2.05) is 0 Å². The van der Waals surface area contributed by atoms with Gasteiger partial charge in [-0.15, -0.1) is 0 Å². The molecule has 1 rings (SSSR count). The zero-order chi connectivity index (χ0) is 9.68. The van der Waals surface area contributed by atoms with E-state index in [1.54, 1.807) is 18.2 Å². The Morgan fingerprint density at radius 1 is 1.54 bits per heavy atom. The molecule has 0 unspecified atom stereocenters. The van der Waals surface area contributed by atoms with Crippen LogP contribution >= 0.6 is 0 Å². The molecule has 0 fully saturated rings. The highest BCUT2D eigenvalue weighted by molar-refractivity contribution is 5.35. The van der Waals surface area contributed by atoms with Gasteiger partial charge in [0.25, 0.3) is 5.69 Å². The van der Waals surface area contributed by atoms with Crippen molar-refractivity contribution in [1.82, 2.24) is 0 Å². The first-order valence-electron chi connectivity index (χ1n) is 3.59. The van der Waals surface area contributed by atoms with Crippen molar-refractivity contribution in [2.45, 2.75) is 6.42 Å². The summed E-state index contributed by atoms with van der Waals surface area (Å²) in [5, 5.41) is 18.6. The molecule has 0 saturated carbocycles. The van der Waals surface area contributed by atoms with Crippen molar-refractivity contribution in [2.24, 2.45) is 0 Å². The highest BCUT2D eigenvalue weighted by Crippen LogP contribution is 2.12. The van der Waals surface area contributed by atoms with E-state index < -0.39 is 4.92 Å². The van der Waals surface area contributed by atoms with Crippen molar-refractivity contribution in [1.29, 1.82) is 0 Å². The van der Waals surface area contributed by atoms with Crippen molar-refractivity contribution in [3.05, 3.63) is 39.9 Å². The van der Waals surface area contributed by atoms with Crippen molar-refractivity contribution >= 4 is 5.69 Å². The lowest BCUT2D eigenvalue weighted by atomic mass is 10.1. The molecule has 4 heteroatoms. The van der Waals surface area contributed by atoms with E-state index in [0.717, 1.165) is 5.56 Å². The number of rotatable bonds is 2. The van der Waals surface area contributed by atoms with E-state index in [9.17, 15) is 10.1 Å². The number of hydrogen-bond acceptors (Lipinski definition) is 3. The number of aliphatic hydroxyl groups excluding tert-OH is 1. The van der Waals surface area contributed by atoms with Crippen molar-refractivity contribution < 1.29 is 10.0 Å². The van der Waals surface area contributed by atoms with Gasteiger partial charge >= 0.3 is 0 Å². The zero-order valence-corrected chi connectivity index (χ0v) is 6.73. The second-order valence-corrected chi connectivity index (χ2v) is 2.39. The molecule has 0 aliphatic heterocycles. The fraction of sp³-hybridized carbons (Fsp3) is 0.111. The predicted octanol–water partition coefficient (Wildman–Crippen LogP) is 1.47. The van der Waals surface area contributed by atoms with Gasteiger partial charge in [-0.3, -0.25) is 10.1 Å². The third kappa shape index (κ3) is 2.49. The number of aliphatic hydroxyl groups is 1. The summed E-state index contributed by atoms with van der Waals surface area (Å²) < 4.78 is 0. The first-order valence-corrected chi connectivity index (χ1v) is 3.59. The number of nitrogens with zero attached hydrogens (tertiary/aromatic N) is 1. The molecule has 0 heterocycles. The van der Waals surface area contributed by atoms with Gasteiger partial charge in [-0.1, -0.05) is 18.1 Å². The summed E-state index contributed by atoms with van der Waals surface area (Å²) in [5.41, 5.74) is 0.757. The number of nitro benzene ring substituents is 1. The third-order valence-electron chi connectivity index (χ3n) is 1.49. The highest BCUT2D eigenvalue weighted by atomic mass is 16.6. The van der Waals surface area contributed by atoms with E-state index in [4.69, 9.17) is 5.11 Å². The molecular weight excluding hydrogens is 170 g/mol. The van der Waals surface area contributed by atoms with Gasteiger partial charge in [0.2, 0.25) is 0 Å². The Bertz CT molecular complexity index is 376. The molecule has 0 spiro atoms. The minimum atomic E-state index is -0.462. The van der Waals surface area contributed by atoms with Crippen LogP contribution in [0.5, 0.6) is 0 Å². The maximum atomic E-state index is 10.3. The molecule has 0 aromatic heterocycles. The van der Waals surface area contributed by atoms with Crippen LogP contribution in [-0.4, -0.2) is 10.0 Å². The van der Waals surface area contributed by atoms with E-state index in [0.29, 0.717) is 6.42 Å². The summed E-state index contributed by atoms with van der Waals surface area (Å²) in [5.74, 6) is 2.41. The van der Waals surface area contributed by atoms with Gasteiger partial charge in [-0.25, -0.2) is 0 Å². The summed E-state index contributed by atoms with van der Waals surface area (Å²) in [7, 11) is 0. The molecule has 13 heavy (non-hydrogen) atoms. The summed E-state index contributed by atoms with van der Waals surface area (Å²) >= 11 is 0. The largest absolute Gasteiger partial charge is 0.462 e. The van der Waals surface area contributed by atoms with Crippen molar-refractivity contribution in [3.8, 4) is 12.0 Å². The Balaban J connectivity index is 2.89. The van der Waals surface area contributed by atoms with Crippen molar-refractivity contribution in [3.63, 3.8) is 0 Å². The molecule has 0 aliphatic carbocycles. The molecule has 0 radical (unpaired) electrons. The molecule has 66 valence electrons. The van der Waals surface area contributed by atoms with Gasteiger partial charge in [0.15, 0.2) is 0 Å². The van der Waals surface area contributed by atoms with Gasteiger partial charge in [-0.05, 0) is 5.56 Å². The Morgan fingerprint density at radius 2 is 2.31 bits per heavy atom.